The standard InChI is InChI=1S/C37H70O3/c1-3-5-7-9-11-13-15-17-18-19-20-21-22-23-25-27-29-31-33-35-37(39)40-36(38)34-32-30-28-26-24-16-14-12-10-8-6-4-2/h17-18H,3-16,19-35H2,1-2H3/b18-17-. The molecule has 0 saturated carbocycles. The van der Waals surface area contributed by atoms with Gasteiger partial charge < -0.3 is 4.74 Å². The molecule has 0 unspecified atom stereocenters. The molecular weight excluding hydrogens is 492 g/mol. The number of hydrogen-bond donors (Lipinski definition) is 0. The van der Waals surface area contributed by atoms with Gasteiger partial charge in [0, 0.05) is 12.8 Å². The van der Waals surface area contributed by atoms with Crippen molar-refractivity contribution >= 4 is 11.9 Å². The van der Waals surface area contributed by atoms with E-state index in [2.05, 4.69) is 26.0 Å². The normalized spacial score (nSPS) is 11.4. The predicted octanol–water partition coefficient (Wildman–Crippen LogP) is 12.7. The van der Waals surface area contributed by atoms with Crippen molar-refractivity contribution in [1.29, 1.82) is 0 Å². The van der Waals surface area contributed by atoms with Gasteiger partial charge in [0.2, 0.25) is 0 Å². The number of unbranched alkanes of at least 4 members (excludes halogenated alkanes) is 26. The van der Waals surface area contributed by atoms with Crippen LogP contribution in [0.25, 0.3) is 0 Å². The van der Waals surface area contributed by atoms with Crippen molar-refractivity contribution < 1.29 is 14.3 Å². The largest absolute Gasteiger partial charge is 0.393 e. The number of hydrogen-bond acceptors (Lipinski definition) is 3. The van der Waals surface area contributed by atoms with Crippen molar-refractivity contribution in [3.05, 3.63) is 12.2 Å². The number of carbonyl (C=O) groups is 2. The summed E-state index contributed by atoms with van der Waals surface area (Å²) in [6.07, 6.45) is 42.6. The minimum atomic E-state index is -0.329. The Balaban J connectivity index is 3.30. The molecule has 0 bridgehead atoms. The van der Waals surface area contributed by atoms with E-state index < -0.39 is 0 Å². The van der Waals surface area contributed by atoms with Crippen LogP contribution in [0.5, 0.6) is 0 Å². The first-order chi connectivity index (χ1) is 19.7. The Morgan fingerprint density at radius 1 is 0.375 bits per heavy atom. The van der Waals surface area contributed by atoms with Crippen molar-refractivity contribution in [1.82, 2.24) is 0 Å². The summed E-state index contributed by atoms with van der Waals surface area (Å²) in [4.78, 5) is 23.8. The maximum absolute atomic E-state index is 11.9. The summed E-state index contributed by atoms with van der Waals surface area (Å²) < 4.78 is 5.00. The van der Waals surface area contributed by atoms with E-state index in [1.165, 1.54) is 161 Å². The van der Waals surface area contributed by atoms with Crippen molar-refractivity contribution in [3.8, 4) is 0 Å². The Hall–Kier alpha value is -1.12. The second kappa shape index (κ2) is 34.1. The molecule has 3 heteroatoms. The lowest BCUT2D eigenvalue weighted by molar-refractivity contribution is -0.159. The Morgan fingerprint density at radius 2 is 0.625 bits per heavy atom. The average molecular weight is 563 g/mol. The van der Waals surface area contributed by atoms with Crippen LogP contribution in [0.15, 0.2) is 12.2 Å². The quantitative estimate of drug-likeness (QED) is 0.0354. The smallest absolute Gasteiger partial charge is 0.313 e. The minimum absolute atomic E-state index is 0.328. The Bertz CT molecular complexity index is 554. The van der Waals surface area contributed by atoms with Gasteiger partial charge in [0.05, 0.1) is 0 Å². The van der Waals surface area contributed by atoms with Crippen LogP contribution in [0, 0.1) is 0 Å². The van der Waals surface area contributed by atoms with Gasteiger partial charge >= 0.3 is 11.9 Å². The Morgan fingerprint density at radius 3 is 0.925 bits per heavy atom. The van der Waals surface area contributed by atoms with Gasteiger partial charge in [-0.3, -0.25) is 9.59 Å². The number of rotatable bonds is 32. The molecule has 236 valence electrons. The molecule has 0 heterocycles. The summed E-state index contributed by atoms with van der Waals surface area (Å²) in [5.74, 6) is -0.657. The van der Waals surface area contributed by atoms with Crippen LogP contribution in [-0.4, -0.2) is 11.9 Å². The molecule has 0 amide bonds. The number of ether oxygens (including phenoxy) is 1. The first-order valence-corrected chi connectivity index (χ1v) is 18.1. The molecule has 0 atom stereocenters. The molecule has 0 fully saturated rings. The fraction of sp³-hybridized carbons (Fsp3) is 0.892. The van der Waals surface area contributed by atoms with Crippen molar-refractivity contribution in [2.24, 2.45) is 0 Å². The molecular formula is C37H70O3. The molecule has 0 aliphatic carbocycles. The lowest BCUT2D eigenvalue weighted by Gasteiger charge is -2.05. The van der Waals surface area contributed by atoms with Gasteiger partial charge in [-0.25, -0.2) is 0 Å². The highest BCUT2D eigenvalue weighted by atomic mass is 16.6. The van der Waals surface area contributed by atoms with E-state index in [-0.39, 0.29) is 11.9 Å². The average Bonchev–Trinajstić information content (AvgIpc) is 2.94. The van der Waals surface area contributed by atoms with E-state index >= 15 is 0 Å². The lowest BCUT2D eigenvalue weighted by atomic mass is 10.0. The molecule has 0 aromatic rings. The summed E-state index contributed by atoms with van der Waals surface area (Å²) >= 11 is 0. The number of allylic oxidation sites excluding steroid dienone is 2. The Kier molecular flexibility index (Phi) is 33.1. The molecule has 0 aliphatic rings. The van der Waals surface area contributed by atoms with Crippen molar-refractivity contribution in [2.45, 2.75) is 213 Å². The lowest BCUT2D eigenvalue weighted by Crippen LogP contribution is -2.11. The van der Waals surface area contributed by atoms with Gasteiger partial charge in [-0.15, -0.1) is 0 Å². The third-order valence-corrected chi connectivity index (χ3v) is 8.10. The molecule has 0 rings (SSSR count). The third-order valence-electron chi connectivity index (χ3n) is 8.10. The van der Waals surface area contributed by atoms with Crippen LogP contribution in [-0.2, 0) is 14.3 Å². The van der Waals surface area contributed by atoms with Crippen LogP contribution in [0.3, 0.4) is 0 Å². The van der Waals surface area contributed by atoms with E-state index in [0.29, 0.717) is 12.8 Å². The predicted molar refractivity (Wildman–Crippen MR) is 175 cm³/mol. The van der Waals surface area contributed by atoms with Gasteiger partial charge in [0.15, 0.2) is 0 Å². The van der Waals surface area contributed by atoms with Gasteiger partial charge in [-0.05, 0) is 38.5 Å². The summed E-state index contributed by atoms with van der Waals surface area (Å²) in [5.41, 5.74) is 0. The first-order valence-electron chi connectivity index (χ1n) is 18.1. The third kappa shape index (κ3) is 33.1. The molecule has 40 heavy (non-hydrogen) atoms. The summed E-state index contributed by atoms with van der Waals surface area (Å²) in [6, 6.07) is 0. The number of esters is 2. The SMILES string of the molecule is CCCCCCCC/C=C\CCCCCCCCCCCC(=O)OC(=O)CCCCCCCCCCCCCC. The molecule has 0 saturated heterocycles. The van der Waals surface area contributed by atoms with Crippen LogP contribution in [0.4, 0.5) is 0 Å². The highest BCUT2D eigenvalue weighted by Crippen LogP contribution is 2.14. The van der Waals surface area contributed by atoms with E-state index in [4.69, 9.17) is 4.74 Å². The molecule has 0 N–H and O–H groups in total. The Labute approximate surface area is 251 Å². The van der Waals surface area contributed by atoms with Gasteiger partial charge in [0.25, 0.3) is 0 Å². The second-order valence-corrected chi connectivity index (χ2v) is 12.2. The highest BCUT2D eigenvalue weighted by molar-refractivity contribution is 5.85. The fourth-order valence-electron chi connectivity index (χ4n) is 5.39. The molecule has 0 aromatic carbocycles. The molecule has 3 nitrogen and oxygen atoms in total. The topological polar surface area (TPSA) is 43.4 Å². The molecule has 0 aromatic heterocycles. The van der Waals surface area contributed by atoms with Crippen LogP contribution < -0.4 is 0 Å². The van der Waals surface area contributed by atoms with E-state index in [0.717, 1.165) is 25.7 Å². The van der Waals surface area contributed by atoms with Crippen LogP contribution in [0.2, 0.25) is 0 Å². The van der Waals surface area contributed by atoms with Crippen LogP contribution in [0.1, 0.15) is 213 Å². The second-order valence-electron chi connectivity index (χ2n) is 12.2. The zero-order valence-electron chi connectivity index (χ0n) is 27.3. The van der Waals surface area contributed by atoms with Crippen molar-refractivity contribution in [2.75, 3.05) is 0 Å². The molecule has 0 spiro atoms. The summed E-state index contributed by atoms with van der Waals surface area (Å²) in [5, 5.41) is 0. The van der Waals surface area contributed by atoms with Gasteiger partial charge in [-0.1, -0.05) is 174 Å². The van der Waals surface area contributed by atoms with Gasteiger partial charge in [-0.2, -0.15) is 0 Å². The monoisotopic (exact) mass is 563 g/mol. The van der Waals surface area contributed by atoms with Crippen LogP contribution >= 0.6 is 0 Å². The fourth-order valence-corrected chi connectivity index (χ4v) is 5.39. The summed E-state index contributed by atoms with van der Waals surface area (Å²) in [6.45, 7) is 4.54. The summed E-state index contributed by atoms with van der Waals surface area (Å²) in [7, 11) is 0. The zero-order chi connectivity index (χ0) is 29.2. The maximum Gasteiger partial charge on any atom is 0.313 e. The minimum Gasteiger partial charge on any atom is -0.393 e. The van der Waals surface area contributed by atoms with Crippen molar-refractivity contribution in [3.63, 3.8) is 0 Å². The van der Waals surface area contributed by atoms with E-state index in [9.17, 15) is 9.59 Å². The van der Waals surface area contributed by atoms with Gasteiger partial charge in [0.1, 0.15) is 0 Å². The number of carbonyl (C=O) groups excluding carboxylic acids is 2. The molecule has 0 radical (unpaired) electrons. The first kappa shape index (κ1) is 38.9. The van der Waals surface area contributed by atoms with E-state index in [1.807, 2.05) is 0 Å². The highest BCUT2D eigenvalue weighted by Gasteiger charge is 2.09. The maximum atomic E-state index is 11.9. The molecule has 0 aliphatic heterocycles. The van der Waals surface area contributed by atoms with E-state index in [1.54, 1.807) is 0 Å². The zero-order valence-corrected chi connectivity index (χ0v) is 27.3.